The number of rotatable bonds is 4. The van der Waals surface area contributed by atoms with Gasteiger partial charge in [0.15, 0.2) is 6.73 Å². The van der Waals surface area contributed by atoms with Gasteiger partial charge in [0, 0.05) is 5.41 Å². The van der Waals surface area contributed by atoms with E-state index in [0.717, 1.165) is 0 Å². The predicted molar refractivity (Wildman–Crippen MR) is 59.8 cm³/mol. The van der Waals surface area contributed by atoms with Crippen LogP contribution in [-0.2, 0) is 19.1 Å². The fraction of sp³-hybridized carbons (Fsp3) is 0.818. The van der Waals surface area contributed by atoms with Crippen molar-refractivity contribution in [2.45, 2.75) is 39.2 Å². The van der Waals surface area contributed by atoms with Crippen LogP contribution in [0.15, 0.2) is 5.29 Å². The smallest absolute Gasteiger partial charge is 0.352 e. The summed E-state index contributed by atoms with van der Waals surface area (Å²) in [6.07, 6.45) is 1.03. The standard InChI is InChI=1S/C11H16N2O5/c1-9(2)10(3)4-5-11(9,18-7(10)14)8(15)17-6-12-13-16/h4-6H2,1-3H3,(H,12,16)/t10-,11?/m1/s1. The molecule has 1 heterocycles. The summed E-state index contributed by atoms with van der Waals surface area (Å²) in [6, 6.07) is 0. The Labute approximate surface area is 104 Å². The molecule has 0 aromatic heterocycles. The summed E-state index contributed by atoms with van der Waals surface area (Å²) in [6.45, 7) is 5.14. The fourth-order valence-corrected chi connectivity index (χ4v) is 2.94. The molecule has 18 heavy (non-hydrogen) atoms. The Morgan fingerprint density at radius 3 is 2.56 bits per heavy atom. The molecule has 100 valence electrons. The van der Waals surface area contributed by atoms with E-state index in [1.807, 2.05) is 26.2 Å². The first kappa shape index (κ1) is 12.8. The van der Waals surface area contributed by atoms with Crippen molar-refractivity contribution in [3.63, 3.8) is 0 Å². The molecule has 2 rings (SSSR count). The molecular formula is C11H16N2O5. The van der Waals surface area contributed by atoms with Crippen molar-refractivity contribution < 1.29 is 19.1 Å². The van der Waals surface area contributed by atoms with Crippen LogP contribution in [0.1, 0.15) is 33.6 Å². The summed E-state index contributed by atoms with van der Waals surface area (Å²) in [5.74, 6) is -0.990. The van der Waals surface area contributed by atoms with Crippen molar-refractivity contribution >= 4 is 11.9 Å². The first-order valence-electron chi connectivity index (χ1n) is 5.78. The summed E-state index contributed by atoms with van der Waals surface area (Å²) >= 11 is 0. The highest BCUT2D eigenvalue weighted by atomic mass is 16.6. The van der Waals surface area contributed by atoms with Gasteiger partial charge in [-0.3, -0.25) is 4.79 Å². The van der Waals surface area contributed by atoms with Gasteiger partial charge in [0.05, 0.1) is 10.7 Å². The first-order valence-corrected chi connectivity index (χ1v) is 5.78. The van der Waals surface area contributed by atoms with E-state index in [2.05, 4.69) is 5.29 Å². The van der Waals surface area contributed by atoms with Crippen molar-refractivity contribution in [3.8, 4) is 0 Å². The quantitative estimate of drug-likeness (QED) is 0.264. The van der Waals surface area contributed by atoms with Crippen LogP contribution in [0.4, 0.5) is 0 Å². The van der Waals surface area contributed by atoms with Crippen molar-refractivity contribution in [2.75, 3.05) is 6.73 Å². The molecular weight excluding hydrogens is 240 g/mol. The number of hydrogen-bond donors (Lipinski definition) is 1. The molecule has 0 amide bonds. The second kappa shape index (κ2) is 3.66. The van der Waals surface area contributed by atoms with Crippen LogP contribution >= 0.6 is 0 Å². The van der Waals surface area contributed by atoms with E-state index in [1.165, 1.54) is 0 Å². The summed E-state index contributed by atoms with van der Waals surface area (Å²) in [4.78, 5) is 33.9. The van der Waals surface area contributed by atoms with Gasteiger partial charge in [-0.05, 0) is 19.8 Å². The maximum Gasteiger partial charge on any atom is 0.352 e. The van der Waals surface area contributed by atoms with Crippen LogP contribution < -0.4 is 5.43 Å². The lowest BCUT2D eigenvalue weighted by Gasteiger charge is -2.34. The molecule has 1 N–H and O–H groups in total. The third-order valence-electron chi connectivity index (χ3n) is 4.75. The molecule has 1 saturated carbocycles. The molecule has 1 unspecified atom stereocenters. The SMILES string of the molecule is CC1(C)C2(C(=O)OCNN=O)CC[C@]1(C)C(=O)O2. The molecule has 7 nitrogen and oxygen atoms in total. The number of nitrogens with zero attached hydrogens (tertiary/aromatic N) is 1. The van der Waals surface area contributed by atoms with Gasteiger partial charge in [-0.25, -0.2) is 10.2 Å². The Bertz CT molecular complexity index is 422. The lowest BCUT2D eigenvalue weighted by atomic mass is 9.66. The Morgan fingerprint density at radius 2 is 2.11 bits per heavy atom. The Morgan fingerprint density at radius 1 is 1.44 bits per heavy atom. The second-order valence-corrected chi connectivity index (χ2v) is 5.50. The van der Waals surface area contributed by atoms with Gasteiger partial charge in [0.1, 0.15) is 0 Å². The third-order valence-corrected chi connectivity index (χ3v) is 4.75. The zero-order valence-corrected chi connectivity index (χ0v) is 10.6. The van der Waals surface area contributed by atoms with E-state index in [1.54, 1.807) is 0 Å². The van der Waals surface area contributed by atoms with E-state index in [0.29, 0.717) is 12.8 Å². The first-order chi connectivity index (χ1) is 8.32. The molecule has 2 fully saturated rings. The number of esters is 2. The largest absolute Gasteiger partial charge is 0.446 e. The number of carbonyl (C=O) groups excluding carboxylic acids is 2. The normalized spacial score (nSPS) is 36.1. The molecule has 1 aliphatic heterocycles. The highest BCUT2D eigenvalue weighted by Crippen LogP contribution is 2.65. The van der Waals surface area contributed by atoms with Crippen molar-refractivity contribution in [1.29, 1.82) is 0 Å². The van der Waals surface area contributed by atoms with Gasteiger partial charge >= 0.3 is 11.9 Å². The monoisotopic (exact) mass is 256 g/mol. The van der Waals surface area contributed by atoms with Gasteiger partial charge in [-0.2, -0.15) is 0 Å². The van der Waals surface area contributed by atoms with Gasteiger partial charge in [-0.1, -0.05) is 13.8 Å². The maximum absolute atomic E-state index is 12.1. The number of fused-ring (bicyclic) bond motifs is 2. The summed E-state index contributed by atoms with van der Waals surface area (Å²) in [5, 5.41) is 2.37. The average Bonchev–Trinajstić information content (AvgIpc) is 2.59. The topological polar surface area (TPSA) is 94.1 Å². The third kappa shape index (κ3) is 1.24. The molecule has 2 atom stereocenters. The zero-order valence-electron chi connectivity index (χ0n) is 10.6. The van der Waals surface area contributed by atoms with E-state index in [4.69, 9.17) is 9.47 Å². The molecule has 0 radical (unpaired) electrons. The minimum atomic E-state index is -1.25. The summed E-state index contributed by atoms with van der Waals surface area (Å²) in [5.41, 5.74) is -0.556. The minimum Gasteiger partial charge on any atom is -0.446 e. The van der Waals surface area contributed by atoms with E-state index in [9.17, 15) is 14.5 Å². The Hall–Kier alpha value is -1.66. The second-order valence-electron chi connectivity index (χ2n) is 5.50. The Balaban J connectivity index is 2.24. The van der Waals surface area contributed by atoms with E-state index >= 15 is 0 Å². The van der Waals surface area contributed by atoms with Gasteiger partial charge in [-0.15, -0.1) is 4.91 Å². The maximum atomic E-state index is 12.1. The Kier molecular flexibility index (Phi) is 2.60. The number of ether oxygens (including phenoxy) is 2. The molecule has 1 aliphatic carbocycles. The number of nitroso groups, excluding NO2 is 1. The number of carbonyl (C=O) groups is 2. The highest BCUT2D eigenvalue weighted by Gasteiger charge is 2.76. The summed E-state index contributed by atoms with van der Waals surface area (Å²) < 4.78 is 10.2. The molecule has 0 spiro atoms. The van der Waals surface area contributed by atoms with Crippen LogP contribution in [0.5, 0.6) is 0 Å². The summed E-state index contributed by atoms with van der Waals surface area (Å²) in [7, 11) is 0. The van der Waals surface area contributed by atoms with Crippen LogP contribution in [0.2, 0.25) is 0 Å². The van der Waals surface area contributed by atoms with E-state index in [-0.39, 0.29) is 12.7 Å². The van der Waals surface area contributed by atoms with Gasteiger partial charge < -0.3 is 9.47 Å². The molecule has 1 saturated heterocycles. The van der Waals surface area contributed by atoms with Crippen molar-refractivity contribution in [2.24, 2.45) is 16.1 Å². The van der Waals surface area contributed by atoms with Gasteiger partial charge in [0.2, 0.25) is 5.60 Å². The molecule has 0 aromatic rings. The minimum absolute atomic E-state index is 0.325. The average molecular weight is 256 g/mol. The number of nitrogens with one attached hydrogen (secondary N) is 1. The zero-order chi connectivity index (χ0) is 13.6. The van der Waals surface area contributed by atoms with E-state index < -0.39 is 22.4 Å². The predicted octanol–water partition coefficient (Wildman–Crippen LogP) is 0.880. The van der Waals surface area contributed by atoms with Crippen molar-refractivity contribution in [1.82, 2.24) is 5.43 Å². The van der Waals surface area contributed by atoms with Crippen LogP contribution in [-0.4, -0.2) is 24.3 Å². The molecule has 2 aliphatic rings. The van der Waals surface area contributed by atoms with Crippen LogP contribution in [0, 0.1) is 15.7 Å². The lowest BCUT2D eigenvalue weighted by molar-refractivity contribution is -0.183. The lowest BCUT2D eigenvalue weighted by Crippen LogP contribution is -2.49. The van der Waals surface area contributed by atoms with Crippen LogP contribution in [0.25, 0.3) is 0 Å². The van der Waals surface area contributed by atoms with Crippen LogP contribution in [0.3, 0.4) is 0 Å². The fourth-order valence-electron chi connectivity index (χ4n) is 2.94. The van der Waals surface area contributed by atoms with Crippen molar-refractivity contribution in [3.05, 3.63) is 4.91 Å². The number of hydrogen-bond acceptors (Lipinski definition) is 6. The molecule has 7 heteroatoms. The molecule has 0 aromatic carbocycles. The molecule has 2 bridgehead atoms. The highest BCUT2D eigenvalue weighted by molar-refractivity contribution is 5.93. The van der Waals surface area contributed by atoms with Gasteiger partial charge in [0.25, 0.3) is 0 Å².